The zero-order valence-electron chi connectivity index (χ0n) is 10.0. The van der Waals surface area contributed by atoms with E-state index < -0.39 is 8.56 Å². The van der Waals surface area contributed by atoms with Gasteiger partial charge in [0.25, 0.3) is 0 Å². The van der Waals surface area contributed by atoms with Gasteiger partial charge in [0.2, 0.25) is 0 Å². The maximum Gasteiger partial charge on any atom is 0.335 e. The Morgan fingerprint density at radius 2 is 2.19 bits per heavy atom. The van der Waals surface area contributed by atoms with Gasteiger partial charge in [-0.05, 0) is 19.0 Å². The first-order valence-corrected chi connectivity index (χ1v) is 8.15. The van der Waals surface area contributed by atoms with E-state index in [9.17, 15) is 4.79 Å². The normalized spacial score (nSPS) is 29.8. The number of rotatable bonds is 5. The molecule has 0 amide bonds. The Labute approximate surface area is 97.8 Å². The van der Waals surface area contributed by atoms with Gasteiger partial charge in [-0.1, -0.05) is 13.5 Å². The molecule has 1 aliphatic heterocycles. The van der Waals surface area contributed by atoms with E-state index in [0.717, 1.165) is 25.7 Å². The van der Waals surface area contributed by atoms with Crippen molar-refractivity contribution in [2.75, 3.05) is 19.8 Å². The number of carbonyl (C=O) groups excluding carboxylic acids is 1. The summed E-state index contributed by atoms with van der Waals surface area (Å²) in [6, 6.07) is 0.865. The summed E-state index contributed by atoms with van der Waals surface area (Å²) in [7, 11) is -1.98. The van der Waals surface area contributed by atoms with Crippen molar-refractivity contribution >= 4 is 14.5 Å². The molecular formula is C11H20O4Si. The lowest BCUT2D eigenvalue weighted by Crippen LogP contribution is -2.46. The van der Waals surface area contributed by atoms with Crippen molar-refractivity contribution in [3.8, 4) is 0 Å². The highest BCUT2D eigenvalue weighted by molar-refractivity contribution is 6.66. The number of hydrogen-bond acceptors (Lipinski definition) is 4. The molecule has 0 spiro atoms. The molecule has 92 valence electrons. The first-order valence-electron chi connectivity index (χ1n) is 5.63. The molecule has 0 unspecified atom stereocenters. The van der Waals surface area contributed by atoms with E-state index in [4.69, 9.17) is 13.6 Å². The summed E-state index contributed by atoms with van der Waals surface area (Å²) in [5.41, 5.74) is 0. The van der Waals surface area contributed by atoms with Crippen LogP contribution in [0.1, 0.15) is 13.3 Å². The number of carbonyl (C=O) groups is 1. The minimum atomic E-state index is -1.98. The molecule has 0 aromatic carbocycles. The molecular weight excluding hydrogens is 224 g/mol. The number of ether oxygens (including phenoxy) is 1. The first kappa shape index (κ1) is 13.4. The van der Waals surface area contributed by atoms with Crippen LogP contribution in [0.25, 0.3) is 0 Å². The van der Waals surface area contributed by atoms with Gasteiger partial charge in [-0.25, -0.2) is 4.79 Å². The van der Waals surface area contributed by atoms with E-state index in [2.05, 4.69) is 20.0 Å². The van der Waals surface area contributed by atoms with Gasteiger partial charge in [0, 0.05) is 25.2 Å². The molecule has 1 rings (SSSR count). The van der Waals surface area contributed by atoms with Crippen molar-refractivity contribution in [3.63, 3.8) is 0 Å². The molecule has 16 heavy (non-hydrogen) atoms. The molecule has 1 fully saturated rings. The average Bonchev–Trinajstić information content (AvgIpc) is 2.29. The van der Waals surface area contributed by atoms with E-state index in [0.29, 0.717) is 12.5 Å². The van der Waals surface area contributed by atoms with Crippen LogP contribution in [0.15, 0.2) is 12.7 Å². The van der Waals surface area contributed by atoms with Crippen LogP contribution >= 0.6 is 0 Å². The molecule has 0 atom stereocenters. The van der Waals surface area contributed by atoms with E-state index >= 15 is 0 Å². The van der Waals surface area contributed by atoms with Crippen LogP contribution in [0.4, 0.5) is 0 Å². The van der Waals surface area contributed by atoms with Crippen molar-refractivity contribution in [2.45, 2.75) is 25.9 Å². The average molecular weight is 244 g/mol. The monoisotopic (exact) mass is 244 g/mol. The molecule has 4 nitrogen and oxygen atoms in total. The fourth-order valence-electron chi connectivity index (χ4n) is 1.50. The molecule has 0 saturated carbocycles. The summed E-state index contributed by atoms with van der Waals surface area (Å²) in [5, 5.41) is 0. The summed E-state index contributed by atoms with van der Waals surface area (Å²) in [6.45, 7) is 9.50. The molecule has 5 heteroatoms. The maximum atomic E-state index is 10.8. The van der Waals surface area contributed by atoms with Crippen molar-refractivity contribution < 1.29 is 18.4 Å². The van der Waals surface area contributed by atoms with Crippen molar-refractivity contribution in [1.82, 2.24) is 0 Å². The van der Waals surface area contributed by atoms with Crippen LogP contribution < -0.4 is 0 Å². The summed E-state index contributed by atoms with van der Waals surface area (Å²) in [6.07, 6.45) is 1.96. The lowest BCUT2D eigenvalue weighted by molar-refractivity contribution is -0.137. The molecule has 0 aromatic rings. The minimum absolute atomic E-state index is 0.370. The van der Waals surface area contributed by atoms with E-state index in [-0.39, 0.29) is 5.97 Å². The van der Waals surface area contributed by atoms with Gasteiger partial charge in [-0.3, -0.25) is 0 Å². The maximum absolute atomic E-state index is 10.8. The third kappa shape index (κ3) is 4.47. The van der Waals surface area contributed by atoms with Gasteiger partial charge in [0.05, 0.1) is 6.61 Å². The zero-order chi connectivity index (χ0) is 12.0. The summed E-state index contributed by atoms with van der Waals surface area (Å²) >= 11 is 0. The zero-order valence-corrected chi connectivity index (χ0v) is 11.0. The first-order chi connectivity index (χ1) is 7.56. The second kappa shape index (κ2) is 6.17. The van der Waals surface area contributed by atoms with Gasteiger partial charge in [-0.15, -0.1) is 0 Å². The predicted molar refractivity (Wildman–Crippen MR) is 63.3 cm³/mol. The van der Waals surface area contributed by atoms with Crippen LogP contribution in [-0.2, 0) is 18.4 Å². The molecule has 1 heterocycles. The fourth-order valence-corrected chi connectivity index (χ4v) is 3.93. The van der Waals surface area contributed by atoms with Crippen molar-refractivity contribution in [3.05, 3.63) is 12.7 Å². The molecule has 0 aromatic heterocycles. The van der Waals surface area contributed by atoms with E-state index in [1.165, 1.54) is 6.08 Å². The SMILES string of the molecule is C=CC(=O)OCCC[Si]1(C)OCC(C)CO1. The summed E-state index contributed by atoms with van der Waals surface area (Å²) < 4.78 is 16.4. The quantitative estimate of drug-likeness (QED) is 0.320. The molecule has 0 N–H and O–H groups in total. The Morgan fingerprint density at radius 1 is 1.56 bits per heavy atom. The van der Waals surface area contributed by atoms with E-state index in [1.807, 2.05) is 0 Å². The highest BCUT2D eigenvalue weighted by atomic mass is 28.4. The fraction of sp³-hybridized carbons (Fsp3) is 0.727. The minimum Gasteiger partial charge on any atom is -0.463 e. The van der Waals surface area contributed by atoms with Crippen LogP contribution in [0.3, 0.4) is 0 Å². The number of esters is 1. The smallest absolute Gasteiger partial charge is 0.335 e. The van der Waals surface area contributed by atoms with Crippen molar-refractivity contribution in [2.24, 2.45) is 5.92 Å². The lowest BCUT2D eigenvalue weighted by Gasteiger charge is -2.34. The highest BCUT2D eigenvalue weighted by Gasteiger charge is 2.35. The molecule has 1 aliphatic rings. The standard InChI is InChI=1S/C11H20O4Si/c1-4-11(12)13-6-5-7-16(3)14-8-10(2)9-15-16/h4,10H,1,5-9H2,2-3H3. The third-order valence-electron chi connectivity index (χ3n) is 2.53. The van der Waals surface area contributed by atoms with Crippen LogP contribution in [-0.4, -0.2) is 34.4 Å². The van der Waals surface area contributed by atoms with Crippen LogP contribution in [0.5, 0.6) is 0 Å². The summed E-state index contributed by atoms with van der Waals surface area (Å²) in [5.74, 6) is 0.116. The Morgan fingerprint density at radius 3 is 2.75 bits per heavy atom. The predicted octanol–water partition coefficient (Wildman–Crippen LogP) is 1.86. The summed E-state index contributed by atoms with van der Waals surface area (Å²) in [4.78, 5) is 10.8. The van der Waals surface area contributed by atoms with Gasteiger partial charge < -0.3 is 13.6 Å². The van der Waals surface area contributed by atoms with Crippen molar-refractivity contribution in [1.29, 1.82) is 0 Å². The molecule has 0 radical (unpaired) electrons. The van der Waals surface area contributed by atoms with Gasteiger partial charge >= 0.3 is 14.5 Å². The highest BCUT2D eigenvalue weighted by Crippen LogP contribution is 2.22. The van der Waals surface area contributed by atoms with Crippen LogP contribution in [0.2, 0.25) is 12.6 Å². The lowest BCUT2D eigenvalue weighted by atomic mass is 10.2. The van der Waals surface area contributed by atoms with Gasteiger partial charge in [-0.2, -0.15) is 0 Å². The van der Waals surface area contributed by atoms with Crippen LogP contribution in [0, 0.1) is 5.92 Å². The Balaban J connectivity index is 2.16. The van der Waals surface area contributed by atoms with Gasteiger partial charge in [0.15, 0.2) is 0 Å². The Kier molecular flexibility index (Phi) is 5.17. The molecule has 1 saturated heterocycles. The second-order valence-electron chi connectivity index (χ2n) is 4.34. The molecule has 0 aliphatic carbocycles. The Hall–Kier alpha value is -0.653. The van der Waals surface area contributed by atoms with E-state index in [1.54, 1.807) is 0 Å². The number of hydrogen-bond donors (Lipinski definition) is 0. The molecule has 0 bridgehead atoms. The largest absolute Gasteiger partial charge is 0.463 e. The third-order valence-corrected chi connectivity index (χ3v) is 5.35. The Bertz CT molecular complexity index is 246. The van der Waals surface area contributed by atoms with Gasteiger partial charge in [0.1, 0.15) is 0 Å². The second-order valence-corrected chi connectivity index (χ2v) is 7.68. The topological polar surface area (TPSA) is 44.8 Å².